The van der Waals surface area contributed by atoms with Crippen molar-refractivity contribution in [1.82, 2.24) is 0 Å². The molecule has 4 atom stereocenters. The summed E-state index contributed by atoms with van der Waals surface area (Å²) in [5, 5.41) is 0. The van der Waals surface area contributed by atoms with E-state index in [2.05, 4.69) is 65.8 Å². The smallest absolute Gasteiger partial charge is 0.0188 e. The zero-order valence-electron chi connectivity index (χ0n) is 14.4. The molecule has 4 unspecified atom stereocenters. The van der Waals surface area contributed by atoms with Crippen molar-refractivity contribution in [2.45, 2.75) is 79.1 Å². The maximum absolute atomic E-state index is 2.46. The Kier molecular flexibility index (Phi) is 7.34. The molecule has 0 aliphatic carbocycles. The first-order chi connectivity index (χ1) is 9.47. The Morgan fingerprint density at radius 1 is 0.750 bits per heavy atom. The molecule has 0 amide bonds. The van der Waals surface area contributed by atoms with Gasteiger partial charge in [0.2, 0.25) is 0 Å². The van der Waals surface area contributed by atoms with E-state index in [1.54, 1.807) is 0 Å². The fourth-order valence-electron chi connectivity index (χ4n) is 2.98. The summed E-state index contributed by atoms with van der Waals surface area (Å²) in [6, 6.07) is 9.34. The average molecular weight is 274 g/mol. The van der Waals surface area contributed by atoms with Crippen molar-refractivity contribution in [1.29, 1.82) is 0 Å². The van der Waals surface area contributed by atoms with Crippen molar-refractivity contribution in [2.75, 3.05) is 0 Å². The lowest BCUT2D eigenvalue weighted by Crippen LogP contribution is -2.04. The van der Waals surface area contributed by atoms with Crippen molar-refractivity contribution < 1.29 is 0 Å². The molecule has 0 fully saturated rings. The van der Waals surface area contributed by atoms with Crippen LogP contribution in [0.15, 0.2) is 24.3 Å². The summed E-state index contributed by atoms with van der Waals surface area (Å²) in [6.45, 7) is 14.1. The monoisotopic (exact) mass is 274 g/mol. The van der Waals surface area contributed by atoms with Gasteiger partial charge in [-0.2, -0.15) is 0 Å². The van der Waals surface area contributed by atoms with E-state index >= 15 is 0 Å². The zero-order valence-corrected chi connectivity index (χ0v) is 14.4. The molecule has 1 aromatic carbocycles. The zero-order chi connectivity index (χ0) is 15.1. The summed E-state index contributed by atoms with van der Waals surface area (Å²) in [7, 11) is 0. The molecule has 0 N–H and O–H groups in total. The van der Waals surface area contributed by atoms with Gasteiger partial charge >= 0.3 is 0 Å². The number of hydrogen-bond acceptors (Lipinski definition) is 0. The highest BCUT2D eigenvalue weighted by molar-refractivity contribution is 5.28. The first kappa shape index (κ1) is 17.3. The summed E-state index contributed by atoms with van der Waals surface area (Å²) < 4.78 is 0. The van der Waals surface area contributed by atoms with E-state index in [0.29, 0.717) is 11.8 Å². The van der Waals surface area contributed by atoms with Crippen LogP contribution in [-0.4, -0.2) is 0 Å². The molecular formula is C20H34. The topological polar surface area (TPSA) is 0 Å². The van der Waals surface area contributed by atoms with E-state index in [1.165, 1.54) is 36.8 Å². The van der Waals surface area contributed by atoms with Crippen molar-refractivity contribution in [3.8, 4) is 0 Å². The molecular weight excluding hydrogens is 240 g/mol. The Morgan fingerprint density at radius 2 is 1.15 bits per heavy atom. The van der Waals surface area contributed by atoms with Gasteiger partial charge in [-0.05, 0) is 47.6 Å². The summed E-state index contributed by atoms with van der Waals surface area (Å²) in [5.41, 5.74) is 3.05. The molecule has 0 aromatic heterocycles. The largest absolute Gasteiger partial charge is 0.0651 e. The van der Waals surface area contributed by atoms with Crippen LogP contribution in [0.25, 0.3) is 0 Å². The quantitative estimate of drug-likeness (QED) is 0.491. The molecule has 114 valence electrons. The Morgan fingerprint density at radius 3 is 1.50 bits per heavy atom. The van der Waals surface area contributed by atoms with Gasteiger partial charge < -0.3 is 0 Å². The fourth-order valence-corrected chi connectivity index (χ4v) is 2.98. The van der Waals surface area contributed by atoms with Crippen LogP contribution in [0.5, 0.6) is 0 Å². The van der Waals surface area contributed by atoms with Crippen LogP contribution >= 0.6 is 0 Å². The Hall–Kier alpha value is -0.780. The molecule has 0 aliphatic rings. The minimum Gasteiger partial charge on any atom is -0.0651 e. The first-order valence-corrected chi connectivity index (χ1v) is 8.57. The summed E-state index contributed by atoms with van der Waals surface area (Å²) in [5.74, 6) is 3.01. The molecule has 0 heteroatoms. The lowest BCUT2D eigenvalue weighted by Gasteiger charge is -2.20. The molecule has 1 aromatic rings. The molecule has 1 rings (SSSR count). The maximum atomic E-state index is 2.46. The number of hydrogen-bond donors (Lipinski definition) is 0. The minimum absolute atomic E-state index is 0.681. The highest BCUT2D eigenvalue weighted by Crippen LogP contribution is 2.29. The van der Waals surface area contributed by atoms with Crippen molar-refractivity contribution in [3.05, 3.63) is 35.4 Å². The second-order valence-corrected chi connectivity index (χ2v) is 6.97. The fraction of sp³-hybridized carbons (Fsp3) is 0.700. The van der Waals surface area contributed by atoms with Crippen LogP contribution in [0, 0.1) is 11.8 Å². The molecule has 0 spiro atoms. The van der Waals surface area contributed by atoms with Crippen molar-refractivity contribution in [2.24, 2.45) is 11.8 Å². The predicted molar refractivity (Wildman–Crippen MR) is 91.4 cm³/mol. The molecule has 0 aliphatic heterocycles. The highest BCUT2D eigenvalue weighted by atomic mass is 14.2. The van der Waals surface area contributed by atoms with Crippen LogP contribution in [0.2, 0.25) is 0 Å². The first-order valence-electron chi connectivity index (χ1n) is 8.57. The molecule has 0 radical (unpaired) electrons. The van der Waals surface area contributed by atoms with E-state index in [4.69, 9.17) is 0 Å². The standard InChI is InChI=1S/C20H34/c1-7-15(3)12-17(5)19-10-9-11-20(14-19)18(6)13-16(4)8-2/h9-11,14-18H,7-8,12-13H2,1-6H3. The van der Waals surface area contributed by atoms with Gasteiger partial charge in [0.1, 0.15) is 0 Å². The molecule has 0 saturated carbocycles. The second kappa shape index (κ2) is 8.49. The minimum atomic E-state index is 0.681. The molecule has 0 nitrogen and oxygen atoms in total. The number of benzene rings is 1. The van der Waals surface area contributed by atoms with E-state index in [9.17, 15) is 0 Å². The maximum Gasteiger partial charge on any atom is -0.0188 e. The van der Waals surface area contributed by atoms with E-state index < -0.39 is 0 Å². The molecule has 20 heavy (non-hydrogen) atoms. The highest BCUT2D eigenvalue weighted by Gasteiger charge is 2.13. The van der Waals surface area contributed by atoms with Crippen LogP contribution < -0.4 is 0 Å². The summed E-state index contributed by atoms with van der Waals surface area (Å²) in [6.07, 6.45) is 5.18. The van der Waals surface area contributed by atoms with Gasteiger partial charge in [0.05, 0.1) is 0 Å². The van der Waals surface area contributed by atoms with Crippen LogP contribution in [0.1, 0.15) is 90.2 Å². The lowest BCUT2D eigenvalue weighted by atomic mass is 9.85. The second-order valence-electron chi connectivity index (χ2n) is 6.97. The SMILES string of the molecule is CCC(C)CC(C)c1cccc(C(C)CC(C)CC)c1. The van der Waals surface area contributed by atoms with E-state index in [-0.39, 0.29) is 0 Å². The predicted octanol–water partition coefficient (Wildman–Crippen LogP) is 6.77. The van der Waals surface area contributed by atoms with E-state index in [1.807, 2.05) is 0 Å². The number of rotatable bonds is 8. The third-order valence-electron chi connectivity index (χ3n) is 4.95. The Balaban J connectivity index is 2.74. The normalized spacial score (nSPS) is 17.5. The molecule has 0 saturated heterocycles. The summed E-state index contributed by atoms with van der Waals surface area (Å²) in [4.78, 5) is 0. The third kappa shape index (κ3) is 5.31. The van der Waals surface area contributed by atoms with Crippen LogP contribution in [0.4, 0.5) is 0 Å². The van der Waals surface area contributed by atoms with Gasteiger partial charge in [-0.1, -0.05) is 78.6 Å². The van der Waals surface area contributed by atoms with Crippen LogP contribution in [-0.2, 0) is 0 Å². The van der Waals surface area contributed by atoms with Crippen molar-refractivity contribution >= 4 is 0 Å². The molecule has 0 heterocycles. The molecule has 0 bridgehead atoms. The van der Waals surface area contributed by atoms with Crippen molar-refractivity contribution in [3.63, 3.8) is 0 Å². The van der Waals surface area contributed by atoms with Crippen LogP contribution in [0.3, 0.4) is 0 Å². The van der Waals surface area contributed by atoms with E-state index in [0.717, 1.165) is 11.8 Å². The Labute approximate surface area is 127 Å². The van der Waals surface area contributed by atoms with Gasteiger partial charge in [0, 0.05) is 0 Å². The summed E-state index contributed by atoms with van der Waals surface area (Å²) >= 11 is 0. The van der Waals surface area contributed by atoms with Gasteiger partial charge in [-0.3, -0.25) is 0 Å². The average Bonchev–Trinajstić information content (AvgIpc) is 2.46. The lowest BCUT2D eigenvalue weighted by molar-refractivity contribution is 0.465. The van der Waals surface area contributed by atoms with Gasteiger partial charge in [-0.15, -0.1) is 0 Å². The van der Waals surface area contributed by atoms with Gasteiger partial charge in [0.25, 0.3) is 0 Å². The van der Waals surface area contributed by atoms with Gasteiger partial charge in [0.15, 0.2) is 0 Å². The Bertz CT molecular complexity index is 346. The van der Waals surface area contributed by atoms with Gasteiger partial charge in [-0.25, -0.2) is 0 Å². The third-order valence-corrected chi connectivity index (χ3v) is 4.95.